The standard InChI is InChI=1S/C12H21NO10S2/c1-2-3-6(15)4-8(13-23-25(19,20)21)24-12-11(18)10(17)9(16)7(5-14)22-12/h2,6-7,9-12,14-18H,1,3-5H2,(H,19,20,21)/p-1. The van der Waals surface area contributed by atoms with Crippen LogP contribution in [0.2, 0.25) is 0 Å². The average Bonchev–Trinajstić information content (AvgIpc) is 2.52. The summed E-state index contributed by atoms with van der Waals surface area (Å²) in [5, 5.41) is 51.2. The van der Waals surface area contributed by atoms with Crippen LogP contribution < -0.4 is 0 Å². The Kier molecular flexibility index (Phi) is 8.73. The molecule has 0 spiro atoms. The maximum atomic E-state index is 10.5. The molecule has 1 fully saturated rings. The van der Waals surface area contributed by atoms with Crippen LogP contribution in [0.15, 0.2) is 17.8 Å². The van der Waals surface area contributed by atoms with Crippen LogP contribution in [0.3, 0.4) is 0 Å². The number of aliphatic hydroxyl groups is 5. The van der Waals surface area contributed by atoms with E-state index in [1.54, 1.807) is 0 Å². The monoisotopic (exact) mass is 402 g/mol. The van der Waals surface area contributed by atoms with Crippen molar-refractivity contribution in [3.63, 3.8) is 0 Å². The van der Waals surface area contributed by atoms with Gasteiger partial charge < -0.3 is 34.8 Å². The number of thioether (sulfide) groups is 1. The second-order valence-electron chi connectivity index (χ2n) is 5.17. The zero-order chi connectivity index (χ0) is 19.2. The highest BCUT2D eigenvalue weighted by molar-refractivity contribution is 8.14. The van der Waals surface area contributed by atoms with Crippen molar-refractivity contribution >= 4 is 27.2 Å². The molecule has 0 aromatic heterocycles. The van der Waals surface area contributed by atoms with Gasteiger partial charge in [-0.3, -0.25) is 4.28 Å². The molecular formula is C12H20NO10S2-. The summed E-state index contributed by atoms with van der Waals surface area (Å²) in [6, 6.07) is 0. The summed E-state index contributed by atoms with van der Waals surface area (Å²) in [6.45, 7) is 2.77. The van der Waals surface area contributed by atoms with Crippen LogP contribution in [0.4, 0.5) is 0 Å². The Morgan fingerprint density at radius 2 is 2.00 bits per heavy atom. The molecule has 5 N–H and O–H groups in total. The number of hydrogen-bond acceptors (Lipinski definition) is 12. The van der Waals surface area contributed by atoms with E-state index in [4.69, 9.17) is 9.84 Å². The molecule has 0 aromatic carbocycles. The zero-order valence-corrected chi connectivity index (χ0v) is 14.5. The zero-order valence-electron chi connectivity index (χ0n) is 12.9. The fraction of sp³-hybridized carbons (Fsp3) is 0.750. The van der Waals surface area contributed by atoms with Gasteiger partial charge in [0.2, 0.25) is 0 Å². The molecule has 0 amide bonds. The van der Waals surface area contributed by atoms with Crippen molar-refractivity contribution < 1.29 is 47.5 Å². The summed E-state index contributed by atoms with van der Waals surface area (Å²) < 4.78 is 40.6. The van der Waals surface area contributed by atoms with Crippen LogP contribution in [0, 0.1) is 0 Å². The van der Waals surface area contributed by atoms with E-state index in [1.165, 1.54) is 6.08 Å². The molecule has 13 heteroatoms. The maximum Gasteiger partial charge on any atom is 0.284 e. The fourth-order valence-electron chi connectivity index (χ4n) is 1.97. The summed E-state index contributed by atoms with van der Waals surface area (Å²) in [7, 11) is -5.14. The Hall–Kier alpha value is -0.770. The molecule has 1 aliphatic heterocycles. The number of aliphatic hydroxyl groups excluding tert-OH is 5. The third-order valence-electron chi connectivity index (χ3n) is 3.18. The Balaban J connectivity index is 2.92. The first-order valence-electron chi connectivity index (χ1n) is 7.06. The lowest BCUT2D eigenvalue weighted by Gasteiger charge is -2.39. The van der Waals surface area contributed by atoms with E-state index in [1.807, 2.05) is 0 Å². The van der Waals surface area contributed by atoms with Gasteiger partial charge in [-0.25, -0.2) is 0 Å². The van der Waals surface area contributed by atoms with Crippen molar-refractivity contribution in [3.05, 3.63) is 12.7 Å². The highest BCUT2D eigenvalue weighted by Crippen LogP contribution is 2.30. The average molecular weight is 402 g/mol. The summed E-state index contributed by atoms with van der Waals surface area (Å²) in [5.41, 5.74) is -1.27. The lowest BCUT2D eigenvalue weighted by Crippen LogP contribution is -2.57. The van der Waals surface area contributed by atoms with E-state index < -0.39 is 53.0 Å². The third kappa shape index (κ3) is 7.16. The van der Waals surface area contributed by atoms with Gasteiger partial charge in [0.25, 0.3) is 10.4 Å². The predicted molar refractivity (Wildman–Crippen MR) is 85.0 cm³/mol. The van der Waals surface area contributed by atoms with E-state index in [0.717, 1.165) is 0 Å². The first-order valence-corrected chi connectivity index (χ1v) is 9.27. The van der Waals surface area contributed by atoms with Crippen molar-refractivity contribution in [1.29, 1.82) is 0 Å². The van der Waals surface area contributed by atoms with Crippen LogP contribution in [-0.4, -0.2) is 86.1 Å². The minimum atomic E-state index is -5.14. The molecule has 146 valence electrons. The van der Waals surface area contributed by atoms with Crippen molar-refractivity contribution in [3.8, 4) is 0 Å². The van der Waals surface area contributed by atoms with Crippen LogP contribution in [0.5, 0.6) is 0 Å². The molecule has 0 bridgehead atoms. The minimum Gasteiger partial charge on any atom is -0.714 e. The predicted octanol–water partition coefficient (Wildman–Crippen LogP) is -2.36. The minimum absolute atomic E-state index is 0.123. The Bertz CT molecular complexity index is 566. The smallest absolute Gasteiger partial charge is 0.284 e. The lowest BCUT2D eigenvalue weighted by atomic mass is 10.0. The second-order valence-corrected chi connectivity index (χ2v) is 7.30. The molecule has 0 aromatic rings. The van der Waals surface area contributed by atoms with Gasteiger partial charge >= 0.3 is 0 Å². The van der Waals surface area contributed by atoms with Gasteiger partial charge in [-0.15, -0.1) is 6.58 Å². The van der Waals surface area contributed by atoms with E-state index >= 15 is 0 Å². The van der Waals surface area contributed by atoms with Gasteiger partial charge in [-0.2, -0.15) is 8.42 Å². The summed E-state index contributed by atoms with van der Waals surface area (Å²) in [5.74, 6) is 0. The normalized spacial score (nSPS) is 32.2. The van der Waals surface area contributed by atoms with Crippen LogP contribution >= 0.6 is 11.8 Å². The Morgan fingerprint density at radius 3 is 2.52 bits per heavy atom. The quantitative estimate of drug-likeness (QED) is 0.0729. The molecular weight excluding hydrogens is 382 g/mol. The Morgan fingerprint density at radius 1 is 1.36 bits per heavy atom. The van der Waals surface area contributed by atoms with E-state index in [9.17, 15) is 33.4 Å². The summed E-state index contributed by atoms with van der Waals surface area (Å²) in [6.07, 6.45) is -5.79. The van der Waals surface area contributed by atoms with Gasteiger partial charge in [-0.1, -0.05) is 23.0 Å². The van der Waals surface area contributed by atoms with E-state index in [-0.39, 0.29) is 17.9 Å². The highest BCUT2D eigenvalue weighted by Gasteiger charge is 2.44. The molecule has 0 aliphatic carbocycles. The number of oxime groups is 1. The van der Waals surface area contributed by atoms with Gasteiger partial charge in [0.1, 0.15) is 34.9 Å². The highest BCUT2D eigenvalue weighted by atomic mass is 32.3. The SMILES string of the molecule is C=CCC(O)CC(=NOS(=O)(=O)[O-])SC1OC(CO)C(O)C(O)C1O. The molecule has 0 saturated carbocycles. The van der Waals surface area contributed by atoms with Crippen LogP contribution in [-0.2, 0) is 19.4 Å². The molecule has 11 nitrogen and oxygen atoms in total. The third-order valence-corrected chi connectivity index (χ3v) is 4.57. The van der Waals surface area contributed by atoms with Crippen molar-refractivity contribution in [2.24, 2.45) is 5.16 Å². The molecule has 0 radical (unpaired) electrons. The van der Waals surface area contributed by atoms with Gasteiger partial charge in [0.15, 0.2) is 0 Å². The van der Waals surface area contributed by atoms with Gasteiger partial charge in [0.05, 0.1) is 12.7 Å². The Labute approximate surface area is 148 Å². The number of rotatable bonds is 8. The number of nitrogens with zero attached hydrogens (tertiary/aromatic N) is 1. The molecule has 6 unspecified atom stereocenters. The fourth-order valence-corrected chi connectivity index (χ4v) is 3.33. The maximum absolute atomic E-state index is 10.5. The first-order chi connectivity index (χ1) is 11.6. The van der Waals surface area contributed by atoms with Crippen molar-refractivity contribution in [2.45, 2.75) is 48.8 Å². The van der Waals surface area contributed by atoms with Gasteiger partial charge in [0, 0.05) is 6.42 Å². The molecule has 1 saturated heterocycles. The molecule has 25 heavy (non-hydrogen) atoms. The van der Waals surface area contributed by atoms with Gasteiger partial charge in [-0.05, 0) is 6.42 Å². The summed E-state index contributed by atoms with van der Waals surface area (Å²) in [4.78, 5) is 0. The molecule has 1 rings (SSSR count). The van der Waals surface area contributed by atoms with Crippen molar-refractivity contribution in [1.82, 2.24) is 0 Å². The van der Waals surface area contributed by atoms with Crippen LogP contribution in [0.1, 0.15) is 12.8 Å². The molecule has 1 aliphatic rings. The second kappa shape index (κ2) is 9.80. The van der Waals surface area contributed by atoms with Crippen LogP contribution in [0.25, 0.3) is 0 Å². The topological polar surface area (TPSA) is 189 Å². The first kappa shape index (κ1) is 22.3. The number of ether oxygens (including phenoxy) is 1. The molecule has 6 atom stereocenters. The van der Waals surface area contributed by atoms with Crippen molar-refractivity contribution in [2.75, 3.05) is 6.61 Å². The largest absolute Gasteiger partial charge is 0.714 e. The number of hydrogen-bond donors (Lipinski definition) is 5. The summed E-state index contributed by atoms with van der Waals surface area (Å²) >= 11 is 0.566. The molecule has 1 heterocycles. The lowest BCUT2D eigenvalue weighted by molar-refractivity contribution is -0.205. The van der Waals surface area contributed by atoms with E-state index in [0.29, 0.717) is 11.8 Å². The van der Waals surface area contributed by atoms with E-state index in [2.05, 4.69) is 16.0 Å².